The van der Waals surface area contributed by atoms with Crippen LogP contribution in [0.15, 0.2) is 42.7 Å². The fraction of sp³-hybridized carbons (Fsp3) is 0.375. The molecule has 0 bridgehead atoms. The Bertz CT molecular complexity index is 1090. The maximum absolute atomic E-state index is 14.8. The van der Waals surface area contributed by atoms with Gasteiger partial charge in [-0.1, -0.05) is 6.07 Å². The Morgan fingerprint density at radius 1 is 1.28 bits per heavy atom. The Morgan fingerprint density at radius 3 is 2.78 bits per heavy atom. The van der Waals surface area contributed by atoms with Crippen molar-refractivity contribution in [1.82, 2.24) is 19.9 Å². The van der Waals surface area contributed by atoms with Crippen molar-refractivity contribution in [2.75, 3.05) is 43.9 Å². The second-order valence-electron chi connectivity index (χ2n) is 8.60. The van der Waals surface area contributed by atoms with Crippen LogP contribution in [0.1, 0.15) is 29.2 Å². The smallest absolute Gasteiger partial charge is 0.291 e. The van der Waals surface area contributed by atoms with Crippen molar-refractivity contribution >= 4 is 17.3 Å². The van der Waals surface area contributed by atoms with Gasteiger partial charge in [0.25, 0.3) is 5.91 Å². The molecule has 0 unspecified atom stereocenters. The average molecular weight is 437 g/mol. The van der Waals surface area contributed by atoms with Crippen LogP contribution in [-0.2, 0) is 0 Å². The fourth-order valence-corrected chi connectivity index (χ4v) is 4.27. The molecule has 32 heavy (non-hydrogen) atoms. The molecule has 0 spiro atoms. The third kappa shape index (κ3) is 4.96. The monoisotopic (exact) mass is 436 g/mol. The lowest BCUT2D eigenvalue weighted by Gasteiger charge is -2.35. The number of benzene rings is 1. The molecule has 1 fully saturated rings. The maximum atomic E-state index is 14.8. The first-order valence-corrected chi connectivity index (χ1v) is 10.9. The van der Waals surface area contributed by atoms with Crippen molar-refractivity contribution in [3.05, 3.63) is 60.1 Å². The maximum Gasteiger partial charge on any atom is 0.291 e. The van der Waals surface area contributed by atoms with E-state index in [9.17, 15) is 9.18 Å². The first-order chi connectivity index (χ1) is 15.4. The summed E-state index contributed by atoms with van der Waals surface area (Å²) in [6.07, 6.45) is 5.38. The summed E-state index contributed by atoms with van der Waals surface area (Å²) in [7, 11) is 4.15. The predicted molar refractivity (Wildman–Crippen MR) is 124 cm³/mol. The normalized spacial score (nSPS) is 14.7. The van der Waals surface area contributed by atoms with Gasteiger partial charge in [0.05, 0.1) is 17.1 Å². The summed E-state index contributed by atoms with van der Waals surface area (Å²) >= 11 is 0. The second-order valence-corrected chi connectivity index (χ2v) is 8.60. The summed E-state index contributed by atoms with van der Waals surface area (Å²) in [6.45, 7) is 4.45. The Kier molecular flexibility index (Phi) is 6.50. The van der Waals surface area contributed by atoms with E-state index in [1.807, 2.05) is 24.0 Å². The largest absolute Gasteiger partial charge is 0.367 e. The van der Waals surface area contributed by atoms with Crippen LogP contribution in [0.3, 0.4) is 0 Å². The van der Waals surface area contributed by atoms with Gasteiger partial charge in [0.15, 0.2) is 5.82 Å². The van der Waals surface area contributed by atoms with Crippen molar-refractivity contribution in [1.29, 1.82) is 0 Å². The van der Waals surface area contributed by atoms with Gasteiger partial charge in [-0.2, -0.15) is 0 Å². The number of rotatable bonds is 6. The van der Waals surface area contributed by atoms with Crippen LogP contribution in [-0.4, -0.2) is 59.5 Å². The number of carbonyl (C=O) groups is 1. The van der Waals surface area contributed by atoms with Crippen LogP contribution in [0, 0.1) is 18.7 Å². The molecule has 1 amide bonds. The molecule has 4 rings (SSSR count). The minimum atomic E-state index is -0.406. The number of hydrogen-bond donors (Lipinski definition) is 2. The molecule has 0 aliphatic carbocycles. The molecule has 0 atom stereocenters. The van der Waals surface area contributed by atoms with E-state index in [2.05, 4.69) is 39.3 Å². The summed E-state index contributed by atoms with van der Waals surface area (Å²) in [5.41, 5.74) is 3.30. The lowest BCUT2D eigenvalue weighted by atomic mass is 9.96. The molecular formula is C24H29FN6O. The first kappa shape index (κ1) is 22.0. The number of carbonyl (C=O) groups excluding carboxylic acids is 1. The van der Waals surface area contributed by atoms with Crippen molar-refractivity contribution < 1.29 is 9.18 Å². The average Bonchev–Trinajstić information content (AvgIpc) is 3.25. The highest BCUT2D eigenvalue weighted by Crippen LogP contribution is 2.33. The number of hydrogen-bond acceptors (Lipinski definition) is 5. The van der Waals surface area contributed by atoms with E-state index >= 15 is 0 Å². The van der Waals surface area contributed by atoms with E-state index in [0.29, 0.717) is 23.0 Å². The van der Waals surface area contributed by atoms with Gasteiger partial charge in [0.1, 0.15) is 5.82 Å². The number of H-pyrrole nitrogens is 1. The molecular weight excluding hydrogens is 407 g/mol. The van der Waals surface area contributed by atoms with Gasteiger partial charge in [-0.05, 0) is 64.0 Å². The molecule has 0 radical (unpaired) electrons. The van der Waals surface area contributed by atoms with Gasteiger partial charge >= 0.3 is 0 Å². The van der Waals surface area contributed by atoms with E-state index in [-0.39, 0.29) is 11.6 Å². The molecule has 8 heteroatoms. The molecule has 7 nitrogen and oxygen atoms in total. The van der Waals surface area contributed by atoms with Gasteiger partial charge in [0.2, 0.25) is 0 Å². The number of nitrogens with zero attached hydrogens (tertiary/aromatic N) is 4. The molecule has 2 N–H and O–H groups in total. The lowest BCUT2D eigenvalue weighted by molar-refractivity contribution is 0.101. The Morgan fingerprint density at radius 2 is 2.06 bits per heavy atom. The van der Waals surface area contributed by atoms with Crippen molar-refractivity contribution in [3.63, 3.8) is 0 Å². The van der Waals surface area contributed by atoms with Crippen LogP contribution >= 0.6 is 0 Å². The molecule has 1 aromatic carbocycles. The van der Waals surface area contributed by atoms with E-state index in [0.717, 1.165) is 43.7 Å². The molecule has 0 saturated carbocycles. The number of piperidine rings is 1. The third-order valence-electron chi connectivity index (χ3n) is 5.77. The summed E-state index contributed by atoms with van der Waals surface area (Å²) in [5, 5.41) is 2.85. The highest BCUT2D eigenvalue weighted by Gasteiger charge is 2.25. The number of aromatic amines is 1. The van der Waals surface area contributed by atoms with Crippen molar-refractivity contribution in [2.45, 2.75) is 19.8 Å². The Labute approximate surface area is 187 Å². The number of imidazole rings is 1. The van der Waals surface area contributed by atoms with Crippen molar-refractivity contribution in [3.8, 4) is 11.3 Å². The molecule has 1 aliphatic heterocycles. The highest BCUT2D eigenvalue weighted by molar-refractivity contribution is 6.04. The Hall–Kier alpha value is -3.26. The number of amides is 1. The van der Waals surface area contributed by atoms with Gasteiger partial charge in [-0.25, -0.2) is 9.37 Å². The predicted octanol–water partition coefficient (Wildman–Crippen LogP) is 3.95. The zero-order chi connectivity index (χ0) is 22.7. The number of anilines is 2. The van der Waals surface area contributed by atoms with Gasteiger partial charge in [0, 0.05) is 43.3 Å². The number of aryl methyl sites for hydroxylation is 1. The summed E-state index contributed by atoms with van der Waals surface area (Å²) in [4.78, 5) is 28.6. The summed E-state index contributed by atoms with van der Waals surface area (Å²) < 4.78 is 14.8. The molecule has 3 aromatic rings. The van der Waals surface area contributed by atoms with Gasteiger partial charge < -0.3 is 20.1 Å². The molecule has 1 aliphatic rings. The van der Waals surface area contributed by atoms with E-state index < -0.39 is 5.91 Å². The molecule has 2 aromatic heterocycles. The lowest BCUT2D eigenvalue weighted by Crippen LogP contribution is -2.38. The minimum absolute atomic E-state index is 0.175. The van der Waals surface area contributed by atoms with E-state index in [1.165, 1.54) is 6.07 Å². The number of halogens is 1. The number of pyridine rings is 1. The van der Waals surface area contributed by atoms with Gasteiger partial charge in [-0.15, -0.1) is 0 Å². The Balaban J connectivity index is 1.49. The van der Waals surface area contributed by atoms with E-state index in [4.69, 9.17) is 0 Å². The first-order valence-electron chi connectivity index (χ1n) is 10.9. The third-order valence-corrected chi connectivity index (χ3v) is 5.77. The van der Waals surface area contributed by atoms with Crippen LogP contribution < -0.4 is 10.2 Å². The number of para-hydroxylation sites is 1. The zero-order valence-corrected chi connectivity index (χ0v) is 18.7. The standard InChI is InChI=1S/C24H29FN6O/c1-16-13-18(7-10-26-16)21-14-27-23(28-21)24(32)29-20-6-4-5-19(25)22(20)31-11-8-17(9-12-31)15-30(2)3/h4-7,10,13-14,17H,8-9,11-12,15H2,1-3H3,(H,27,28)(H,29,32). The molecule has 168 valence electrons. The fourth-order valence-electron chi connectivity index (χ4n) is 4.27. The number of aromatic nitrogens is 3. The van der Waals surface area contributed by atoms with Crippen LogP contribution in [0.2, 0.25) is 0 Å². The van der Waals surface area contributed by atoms with Crippen LogP contribution in [0.5, 0.6) is 0 Å². The topological polar surface area (TPSA) is 77.2 Å². The summed E-state index contributed by atoms with van der Waals surface area (Å²) in [5.74, 6) is 0.0384. The van der Waals surface area contributed by atoms with Crippen molar-refractivity contribution in [2.24, 2.45) is 5.92 Å². The molecule has 1 saturated heterocycles. The summed E-state index contributed by atoms with van der Waals surface area (Å²) in [6, 6.07) is 8.53. The quantitative estimate of drug-likeness (QED) is 0.612. The van der Waals surface area contributed by atoms with E-state index in [1.54, 1.807) is 24.5 Å². The van der Waals surface area contributed by atoms with Gasteiger partial charge in [-0.3, -0.25) is 9.78 Å². The zero-order valence-electron chi connectivity index (χ0n) is 18.7. The van der Waals surface area contributed by atoms with Crippen LogP contribution in [0.25, 0.3) is 11.3 Å². The number of nitrogens with one attached hydrogen (secondary N) is 2. The SMILES string of the molecule is Cc1cc(-c2c[nH]c(C(=O)Nc3cccc(F)c3N3CCC(CN(C)C)CC3)n2)ccn1. The van der Waals surface area contributed by atoms with Crippen LogP contribution in [0.4, 0.5) is 15.8 Å². The highest BCUT2D eigenvalue weighted by atomic mass is 19.1. The molecule has 3 heterocycles. The second kappa shape index (κ2) is 9.48. The minimum Gasteiger partial charge on any atom is -0.367 e.